The number of rotatable bonds is 0. The van der Waals surface area contributed by atoms with Crippen molar-refractivity contribution in [3.8, 4) is 11.1 Å². The molecule has 118 valence electrons. The van der Waals surface area contributed by atoms with Crippen molar-refractivity contribution in [1.29, 1.82) is 0 Å². The average molecular weight is 358 g/mol. The van der Waals surface area contributed by atoms with Crippen molar-refractivity contribution in [2.24, 2.45) is 0 Å². The first-order valence-electron chi connectivity index (χ1n) is 8.23. The summed E-state index contributed by atoms with van der Waals surface area (Å²) in [6.07, 6.45) is 0. The first kappa shape index (κ1) is 13.8. The van der Waals surface area contributed by atoms with Crippen LogP contribution < -0.4 is 0 Å². The number of benzene rings is 4. The van der Waals surface area contributed by atoms with Gasteiger partial charge in [-0.1, -0.05) is 53.7 Å². The van der Waals surface area contributed by atoms with Crippen LogP contribution in [0, 0.1) is 0 Å². The number of aromatic nitrogens is 1. The van der Waals surface area contributed by atoms with Gasteiger partial charge < -0.3 is 4.98 Å². The quantitative estimate of drug-likeness (QED) is 0.302. The average Bonchev–Trinajstić information content (AvgIpc) is 2.99. The Hall–Kier alpha value is -2.42. The highest BCUT2D eigenvalue weighted by molar-refractivity contribution is 7.99. The van der Waals surface area contributed by atoms with Crippen molar-refractivity contribution < 1.29 is 0 Å². The lowest BCUT2D eigenvalue weighted by Crippen LogP contribution is -1.93. The summed E-state index contributed by atoms with van der Waals surface area (Å²) in [7, 11) is 0. The molecule has 1 aliphatic heterocycles. The van der Waals surface area contributed by atoms with Crippen LogP contribution in [0.15, 0.2) is 76.5 Å². The molecule has 4 aromatic carbocycles. The van der Waals surface area contributed by atoms with Crippen LogP contribution in [0.2, 0.25) is 5.02 Å². The molecule has 5 aromatic rings. The molecular formula is C22H12ClNS. The van der Waals surface area contributed by atoms with Crippen molar-refractivity contribution >= 4 is 55.9 Å². The van der Waals surface area contributed by atoms with E-state index in [-0.39, 0.29) is 0 Å². The number of fused-ring (bicyclic) bond motifs is 6. The molecule has 0 spiro atoms. The Labute approximate surface area is 153 Å². The largest absolute Gasteiger partial charge is 0.354 e. The minimum atomic E-state index is 0.772. The summed E-state index contributed by atoms with van der Waals surface area (Å²) >= 11 is 8.14. The molecule has 0 aliphatic carbocycles. The SMILES string of the molecule is Clc1ccc2[nH]c3cc4c5c(cccc5c3c2c1)Sc1ccccc1-4. The molecule has 1 aliphatic rings. The van der Waals surface area contributed by atoms with E-state index in [9.17, 15) is 0 Å². The van der Waals surface area contributed by atoms with Crippen LogP contribution in [-0.2, 0) is 0 Å². The van der Waals surface area contributed by atoms with Gasteiger partial charge in [-0.05, 0) is 52.9 Å². The number of hydrogen-bond acceptors (Lipinski definition) is 1. The monoisotopic (exact) mass is 357 g/mol. The zero-order valence-corrected chi connectivity index (χ0v) is 14.7. The Bertz CT molecular complexity index is 1330. The minimum Gasteiger partial charge on any atom is -0.354 e. The molecule has 0 saturated heterocycles. The Morgan fingerprint density at radius 3 is 2.52 bits per heavy atom. The first-order chi connectivity index (χ1) is 12.3. The first-order valence-corrected chi connectivity index (χ1v) is 9.43. The van der Waals surface area contributed by atoms with Crippen LogP contribution in [-0.4, -0.2) is 4.98 Å². The van der Waals surface area contributed by atoms with Gasteiger partial charge in [0.25, 0.3) is 0 Å². The van der Waals surface area contributed by atoms with Crippen molar-refractivity contribution in [3.63, 3.8) is 0 Å². The van der Waals surface area contributed by atoms with E-state index >= 15 is 0 Å². The Morgan fingerprint density at radius 1 is 0.680 bits per heavy atom. The summed E-state index contributed by atoms with van der Waals surface area (Å²) in [5.74, 6) is 0. The molecule has 25 heavy (non-hydrogen) atoms. The van der Waals surface area contributed by atoms with Gasteiger partial charge in [-0.15, -0.1) is 0 Å². The zero-order valence-electron chi connectivity index (χ0n) is 13.1. The van der Waals surface area contributed by atoms with Crippen LogP contribution in [0.5, 0.6) is 0 Å². The molecule has 2 heterocycles. The zero-order chi connectivity index (χ0) is 16.5. The van der Waals surface area contributed by atoms with Crippen molar-refractivity contribution in [2.75, 3.05) is 0 Å². The molecule has 0 bridgehead atoms. The van der Waals surface area contributed by atoms with Gasteiger partial charge in [0.15, 0.2) is 0 Å². The summed E-state index contributed by atoms with van der Waals surface area (Å²) in [5.41, 5.74) is 4.92. The van der Waals surface area contributed by atoms with Gasteiger partial charge in [-0.3, -0.25) is 0 Å². The predicted octanol–water partition coefficient (Wildman–Crippen LogP) is 7.26. The lowest BCUT2D eigenvalue weighted by atomic mass is 9.94. The van der Waals surface area contributed by atoms with E-state index in [0.717, 1.165) is 10.5 Å². The topological polar surface area (TPSA) is 15.8 Å². The van der Waals surface area contributed by atoms with Crippen molar-refractivity contribution in [3.05, 3.63) is 71.8 Å². The van der Waals surface area contributed by atoms with Crippen LogP contribution in [0.3, 0.4) is 0 Å². The second kappa shape index (κ2) is 4.81. The van der Waals surface area contributed by atoms with Gasteiger partial charge >= 0.3 is 0 Å². The molecule has 3 heteroatoms. The maximum absolute atomic E-state index is 6.28. The van der Waals surface area contributed by atoms with Gasteiger partial charge in [0.05, 0.1) is 0 Å². The second-order valence-corrected chi connectivity index (χ2v) is 7.96. The fraction of sp³-hybridized carbons (Fsp3) is 0. The molecule has 0 radical (unpaired) electrons. The summed E-state index contributed by atoms with van der Waals surface area (Å²) in [4.78, 5) is 6.22. The van der Waals surface area contributed by atoms with E-state index in [4.69, 9.17) is 11.6 Å². The van der Waals surface area contributed by atoms with Gasteiger partial charge in [0.1, 0.15) is 0 Å². The number of halogens is 1. The van der Waals surface area contributed by atoms with Crippen LogP contribution >= 0.6 is 23.4 Å². The van der Waals surface area contributed by atoms with E-state index in [1.807, 2.05) is 17.8 Å². The third-order valence-electron chi connectivity index (χ3n) is 5.04. The third kappa shape index (κ3) is 1.81. The van der Waals surface area contributed by atoms with Crippen LogP contribution in [0.4, 0.5) is 0 Å². The second-order valence-electron chi connectivity index (χ2n) is 6.44. The van der Waals surface area contributed by atoms with E-state index in [0.29, 0.717) is 0 Å². The van der Waals surface area contributed by atoms with Gasteiger partial charge in [-0.2, -0.15) is 0 Å². The van der Waals surface area contributed by atoms with Crippen molar-refractivity contribution in [1.82, 2.24) is 4.98 Å². The molecule has 1 N–H and O–H groups in total. The van der Waals surface area contributed by atoms with Gasteiger partial charge in [0, 0.05) is 42.0 Å². The summed E-state index contributed by atoms with van der Waals surface area (Å²) in [6.45, 7) is 0. The highest BCUT2D eigenvalue weighted by atomic mass is 35.5. The molecule has 0 saturated carbocycles. The normalized spacial score (nSPS) is 12.8. The summed E-state index contributed by atoms with van der Waals surface area (Å²) in [5, 5.41) is 5.86. The predicted molar refractivity (Wildman–Crippen MR) is 108 cm³/mol. The molecule has 6 rings (SSSR count). The highest BCUT2D eigenvalue weighted by Gasteiger charge is 2.21. The number of nitrogens with one attached hydrogen (secondary N) is 1. The lowest BCUT2D eigenvalue weighted by Gasteiger charge is -2.20. The van der Waals surface area contributed by atoms with Gasteiger partial charge in [0.2, 0.25) is 0 Å². The fourth-order valence-corrected chi connectivity index (χ4v) is 5.32. The molecule has 0 atom stereocenters. The molecular weight excluding hydrogens is 346 g/mol. The molecule has 1 nitrogen and oxygen atoms in total. The van der Waals surface area contributed by atoms with Gasteiger partial charge in [-0.25, -0.2) is 0 Å². The maximum Gasteiger partial charge on any atom is 0.0477 e. The number of aromatic amines is 1. The van der Waals surface area contributed by atoms with Crippen LogP contribution in [0.25, 0.3) is 43.7 Å². The minimum absolute atomic E-state index is 0.772. The maximum atomic E-state index is 6.28. The van der Waals surface area contributed by atoms with Crippen molar-refractivity contribution in [2.45, 2.75) is 9.79 Å². The molecule has 0 fully saturated rings. The fourth-order valence-electron chi connectivity index (χ4n) is 4.01. The van der Waals surface area contributed by atoms with E-state index in [1.165, 1.54) is 48.0 Å². The Kier molecular flexibility index (Phi) is 2.66. The molecule has 1 aromatic heterocycles. The van der Waals surface area contributed by atoms with E-state index in [2.05, 4.69) is 65.6 Å². The third-order valence-corrected chi connectivity index (χ3v) is 6.41. The number of H-pyrrole nitrogens is 1. The molecule has 0 amide bonds. The Morgan fingerprint density at radius 2 is 1.56 bits per heavy atom. The number of hydrogen-bond donors (Lipinski definition) is 1. The summed E-state index contributed by atoms with van der Waals surface area (Å²) in [6, 6.07) is 23.6. The lowest BCUT2D eigenvalue weighted by molar-refractivity contribution is 1.40. The standard InChI is InChI=1S/C22H12ClNS/c23-12-8-9-17-16(10-12)21-14-5-3-7-20-22(14)15(11-18(21)24-17)13-4-1-2-6-19(13)25-20/h1-11,24H. The van der Waals surface area contributed by atoms with Crippen LogP contribution in [0.1, 0.15) is 0 Å². The Balaban J connectivity index is 1.89. The smallest absolute Gasteiger partial charge is 0.0477 e. The highest BCUT2D eigenvalue weighted by Crippen LogP contribution is 2.50. The van der Waals surface area contributed by atoms with E-state index in [1.54, 1.807) is 0 Å². The summed E-state index contributed by atoms with van der Waals surface area (Å²) < 4.78 is 0. The van der Waals surface area contributed by atoms with E-state index < -0.39 is 0 Å². The molecule has 0 unspecified atom stereocenters.